The molecular formula is C12H21NO. The van der Waals surface area contributed by atoms with E-state index in [-0.39, 0.29) is 5.48 Å². The molecule has 14 heavy (non-hydrogen) atoms. The molecule has 1 aliphatic rings. The predicted octanol–water partition coefficient (Wildman–Crippen LogP) is 1.93. The number of hydrogen-bond acceptors (Lipinski definition) is 1. The fourth-order valence-electron chi connectivity index (χ4n) is 1.34. The molecule has 80 valence electrons. The Morgan fingerprint density at radius 1 is 0.929 bits per heavy atom. The summed E-state index contributed by atoms with van der Waals surface area (Å²) in [6.07, 6.45) is 4.22. The van der Waals surface area contributed by atoms with Crippen LogP contribution in [0.15, 0.2) is 30.3 Å². The highest BCUT2D eigenvalue weighted by Gasteiger charge is 1.93. The third-order valence-corrected chi connectivity index (χ3v) is 2.15. The Morgan fingerprint density at radius 3 is 1.71 bits per heavy atom. The summed E-state index contributed by atoms with van der Waals surface area (Å²) in [5.74, 6) is 0. The molecule has 0 aliphatic carbocycles. The van der Waals surface area contributed by atoms with Crippen molar-refractivity contribution >= 4 is 0 Å². The van der Waals surface area contributed by atoms with E-state index in [9.17, 15) is 0 Å². The minimum atomic E-state index is 0. The molecule has 0 unspecified atom stereocenters. The summed E-state index contributed by atoms with van der Waals surface area (Å²) >= 11 is 0. The molecule has 0 radical (unpaired) electrons. The average molecular weight is 195 g/mol. The van der Waals surface area contributed by atoms with Crippen LogP contribution in [0.5, 0.6) is 0 Å². The van der Waals surface area contributed by atoms with Crippen molar-refractivity contribution in [1.82, 2.24) is 5.32 Å². The minimum Gasteiger partial charge on any atom is -0.412 e. The van der Waals surface area contributed by atoms with Gasteiger partial charge in [-0.05, 0) is 32.9 Å². The van der Waals surface area contributed by atoms with Crippen molar-refractivity contribution in [2.75, 3.05) is 13.1 Å². The molecule has 0 bridgehead atoms. The largest absolute Gasteiger partial charge is 0.412 e. The third-order valence-electron chi connectivity index (χ3n) is 2.15. The Labute approximate surface area is 86.7 Å². The lowest BCUT2D eigenvalue weighted by atomic mass is 10.2. The van der Waals surface area contributed by atoms with Crippen LogP contribution >= 0.6 is 0 Å². The first kappa shape index (κ1) is 13.1. The van der Waals surface area contributed by atoms with Gasteiger partial charge in [0.2, 0.25) is 0 Å². The zero-order valence-electron chi connectivity index (χ0n) is 8.92. The lowest BCUT2D eigenvalue weighted by Gasteiger charge is -2.08. The summed E-state index contributed by atoms with van der Waals surface area (Å²) in [6.45, 7) is 4.58. The standard InChI is InChI=1S/C7H8.C5H11N.H2O/c1-7-5-3-2-4-6-7;1-2-4-6-5-3-1;/h2-6H,1H3;6H,1-5H2;1H2. The van der Waals surface area contributed by atoms with Gasteiger partial charge in [-0.1, -0.05) is 42.3 Å². The number of piperidine rings is 1. The van der Waals surface area contributed by atoms with Gasteiger partial charge in [-0.25, -0.2) is 0 Å². The summed E-state index contributed by atoms with van der Waals surface area (Å²) in [4.78, 5) is 0. The van der Waals surface area contributed by atoms with Crippen LogP contribution < -0.4 is 5.32 Å². The summed E-state index contributed by atoms with van der Waals surface area (Å²) in [7, 11) is 0. The van der Waals surface area contributed by atoms with Gasteiger partial charge in [-0.15, -0.1) is 0 Å². The lowest BCUT2D eigenvalue weighted by Crippen LogP contribution is -2.21. The van der Waals surface area contributed by atoms with Crippen LogP contribution in [0.4, 0.5) is 0 Å². The van der Waals surface area contributed by atoms with E-state index in [2.05, 4.69) is 24.4 Å². The maximum Gasteiger partial charge on any atom is -0.00489 e. The number of benzene rings is 1. The summed E-state index contributed by atoms with van der Waals surface area (Å²) in [5, 5.41) is 3.28. The van der Waals surface area contributed by atoms with E-state index in [4.69, 9.17) is 0 Å². The van der Waals surface area contributed by atoms with E-state index < -0.39 is 0 Å². The molecule has 1 aromatic rings. The maximum atomic E-state index is 3.28. The van der Waals surface area contributed by atoms with Gasteiger partial charge in [-0.2, -0.15) is 0 Å². The first-order chi connectivity index (χ1) is 6.39. The van der Waals surface area contributed by atoms with Crippen LogP contribution in [0.3, 0.4) is 0 Å². The molecule has 2 heteroatoms. The molecule has 0 amide bonds. The van der Waals surface area contributed by atoms with E-state index >= 15 is 0 Å². The van der Waals surface area contributed by atoms with Crippen LogP contribution in [0.1, 0.15) is 24.8 Å². The predicted molar refractivity (Wildman–Crippen MR) is 61.5 cm³/mol. The molecule has 0 aromatic heterocycles. The van der Waals surface area contributed by atoms with E-state index in [1.54, 1.807) is 0 Å². The Kier molecular flexibility index (Phi) is 8.19. The molecule has 2 nitrogen and oxygen atoms in total. The van der Waals surface area contributed by atoms with Gasteiger partial charge in [0.1, 0.15) is 0 Å². The van der Waals surface area contributed by atoms with Gasteiger partial charge in [0, 0.05) is 0 Å². The highest BCUT2D eigenvalue weighted by atomic mass is 16.0. The number of rotatable bonds is 0. The van der Waals surface area contributed by atoms with Gasteiger partial charge in [-0.3, -0.25) is 0 Å². The molecule has 3 N–H and O–H groups in total. The molecule has 1 heterocycles. The zero-order valence-corrected chi connectivity index (χ0v) is 8.92. The Morgan fingerprint density at radius 2 is 1.50 bits per heavy atom. The highest BCUT2D eigenvalue weighted by Crippen LogP contribution is 1.96. The Bertz CT molecular complexity index is 195. The first-order valence-electron chi connectivity index (χ1n) is 5.12. The van der Waals surface area contributed by atoms with Crippen molar-refractivity contribution in [1.29, 1.82) is 0 Å². The number of nitrogens with one attached hydrogen (secondary N) is 1. The third kappa shape index (κ3) is 6.63. The van der Waals surface area contributed by atoms with Crippen molar-refractivity contribution in [2.24, 2.45) is 0 Å². The second kappa shape index (κ2) is 8.73. The molecule has 2 rings (SSSR count). The first-order valence-corrected chi connectivity index (χ1v) is 5.12. The summed E-state index contributed by atoms with van der Waals surface area (Å²) in [5.41, 5.74) is 1.32. The molecule has 1 saturated heterocycles. The second-order valence-electron chi connectivity index (χ2n) is 3.47. The monoisotopic (exact) mass is 195 g/mol. The molecule has 0 atom stereocenters. The van der Waals surface area contributed by atoms with Crippen LogP contribution in [0.25, 0.3) is 0 Å². The summed E-state index contributed by atoms with van der Waals surface area (Å²) in [6, 6.07) is 10.3. The molecule has 1 aliphatic heterocycles. The van der Waals surface area contributed by atoms with Crippen molar-refractivity contribution < 1.29 is 5.48 Å². The lowest BCUT2D eigenvalue weighted by molar-refractivity contribution is 0.520. The molecule has 0 saturated carbocycles. The van der Waals surface area contributed by atoms with E-state index in [1.165, 1.54) is 37.9 Å². The van der Waals surface area contributed by atoms with Crippen LogP contribution in [-0.2, 0) is 0 Å². The van der Waals surface area contributed by atoms with Crippen LogP contribution in [-0.4, -0.2) is 18.6 Å². The topological polar surface area (TPSA) is 43.5 Å². The van der Waals surface area contributed by atoms with E-state index in [0.29, 0.717) is 0 Å². The quantitative estimate of drug-likeness (QED) is 0.675. The van der Waals surface area contributed by atoms with Crippen molar-refractivity contribution in [3.8, 4) is 0 Å². The highest BCUT2D eigenvalue weighted by molar-refractivity contribution is 5.11. The number of aryl methyl sites for hydroxylation is 1. The second-order valence-corrected chi connectivity index (χ2v) is 3.47. The van der Waals surface area contributed by atoms with Gasteiger partial charge < -0.3 is 10.8 Å². The molecular weight excluding hydrogens is 174 g/mol. The van der Waals surface area contributed by atoms with Gasteiger partial charge in [0.25, 0.3) is 0 Å². The molecule has 1 aromatic carbocycles. The van der Waals surface area contributed by atoms with E-state index in [1.807, 2.05) is 18.2 Å². The Balaban J connectivity index is 0.000000227. The van der Waals surface area contributed by atoms with Crippen molar-refractivity contribution in [3.05, 3.63) is 35.9 Å². The van der Waals surface area contributed by atoms with Crippen LogP contribution in [0, 0.1) is 6.92 Å². The van der Waals surface area contributed by atoms with Crippen molar-refractivity contribution in [2.45, 2.75) is 26.2 Å². The summed E-state index contributed by atoms with van der Waals surface area (Å²) < 4.78 is 0. The van der Waals surface area contributed by atoms with Crippen LogP contribution in [0.2, 0.25) is 0 Å². The maximum absolute atomic E-state index is 3.28. The smallest absolute Gasteiger partial charge is 0.00489 e. The fraction of sp³-hybridized carbons (Fsp3) is 0.500. The van der Waals surface area contributed by atoms with E-state index in [0.717, 1.165) is 0 Å². The number of hydrogen-bond donors (Lipinski definition) is 1. The molecule has 0 spiro atoms. The Hall–Kier alpha value is -0.860. The van der Waals surface area contributed by atoms with Gasteiger partial charge in [0.05, 0.1) is 0 Å². The normalized spacial score (nSPS) is 14.6. The van der Waals surface area contributed by atoms with Gasteiger partial charge >= 0.3 is 0 Å². The van der Waals surface area contributed by atoms with Crippen molar-refractivity contribution in [3.63, 3.8) is 0 Å². The minimum absolute atomic E-state index is 0. The zero-order chi connectivity index (χ0) is 9.36. The van der Waals surface area contributed by atoms with Gasteiger partial charge in [0.15, 0.2) is 0 Å². The molecule has 1 fully saturated rings. The fourth-order valence-corrected chi connectivity index (χ4v) is 1.34. The SMILES string of the molecule is C1CCNCC1.Cc1ccccc1.O. The average Bonchev–Trinajstić information content (AvgIpc) is 2.22.